The average Bonchev–Trinajstić information content (AvgIpc) is 2.29. The van der Waals surface area contributed by atoms with Crippen LogP contribution in [0, 0.1) is 5.82 Å². The summed E-state index contributed by atoms with van der Waals surface area (Å²) in [6.45, 7) is 0. The van der Waals surface area contributed by atoms with Crippen molar-refractivity contribution in [2.45, 2.75) is 0 Å². The second-order valence-electron chi connectivity index (χ2n) is 3.42. The van der Waals surface area contributed by atoms with Crippen molar-refractivity contribution < 1.29 is 9.13 Å². The summed E-state index contributed by atoms with van der Waals surface area (Å²) in [6, 6.07) is 9.78. The summed E-state index contributed by atoms with van der Waals surface area (Å²) in [5.41, 5.74) is 6.13. The van der Waals surface area contributed by atoms with Crippen LogP contribution in [0.5, 0.6) is 5.75 Å². The minimum absolute atomic E-state index is 0.205. The van der Waals surface area contributed by atoms with Gasteiger partial charge in [-0.3, -0.25) is 0 Å². The second-order valence-corrected chi connectivity index (χ2v) is 3.42. The highest BCUT2D eigenvalue weighted by Gasteiger charge is 2.04. The Labute approximate surface area is 98.2 Å². The predicted molar refractivity (Wildman–Crippen MR) is 64.9 cm³/mol. The van der Waals surface area contributed by atoms with Crippen molar-refractivity contribution in [2.24, 2.45) is 0 Å². The number of hydrogen-bond acceptors (Lipinski definition) is 4. The van der Waals surface area contributed by atoms with E-state index in [2.05, 4.69) is 10.3 Å². The molecule has 0 aliphatic carbocycles. The van der Waals surface area contributed by atoms with Gasteiger partial charge in [0.1, 0.15) is 11.6 Å². The number of methoxy groups -OCH3 is 1. The molecule has 1 aromatic carbocycles. The molecule has 0 unspecified atom stereocenters. The van der Waals surface area contributed by atoms with Gasteiger partial charge in [0.15, 0.2) is 11.6 Å². The lowest BCUT2D eigenvalue weighted by molar-refractivity contribution is 0.386. The summed E-state index contributed by atoms with van der Waals surface area (Å²) in [4.78, 5) is 4.05. The predicted octanol–water partition coefficient (Wildman–Crippen LogP) is 2.56. The molecule has 0 aliphatic heterocycles. The van der Waals surface area contributed by atoms with E-state index in [0.717, 1.165) is 0 Å². The van der Waals surface area contributed by atoms with Gasteiger partial charge in [-0.1, -0.05) is 6.07 Å². The van der Waals surface area contributed by atoms with Crippen molar-refractivity contribution in [3.05, 3.63) is 42.2 Å². The number of nitrogens with zero attached hydrogens (tertiary/aromatic N) is 1. The van der Waals surface area contributed by atoms with Crippen LogP contribution in [0.3, 0.4) is 0 Å². The number of pyridine rings is 1. The highest BCUT2D eigenvalue weighted by atomic mass is 19.1. The summed E-state index contributed by atoms with van der Waals surface area (Å²) < 4.78 is 18.3. The molecule has 88 valence electrons. The van der Waals surface area contributed by atoms with Crippen LogP contribution in [0.15, 0.2) is 36.4 Å². The fraction of sp³-hybridized carbons (Fsp3) is 0.0833. The van der Waals surface area contributed by atoms with E-state index in [4.69, 9.17) is 10.5 Å². The molecule has 1 heterocycles. The lowest BCUT2D eigenvalue weighted by atomic mass is 10.3. The molecule has 0 bridgehead atoms. The van der Waals surface area contributed by atoms with Gasteiger partial charge in [0, 0.05) is 11.8 Å². The van der Waals surface area contributed by atoms with Crippen LogP contribution in [0.1, 0.15) is 0 Å². The zero-order valence-corrected chi connectivity index (χ0v) is 9.27. The molecule has 2 rings (SSSR count). The van der Waals surface area contributed by atoms with Crippen molar-refractivity contribution in [3.63, 3.8) is 0 Å². The largest absolute Gasteiger partial charge is 0.494 e. The maximum atomic E-state index is 13.4. The van der Waals surface area contributed by atoms with Crippen LogP contribution < -0.4 is 15.8 Å². The molecule has 0 radical (unpaired) electrons. The monoisotopic (exact) mass is 233 g/mol. The third-order valence-corrected chi connectivity index (χ3v) is 2.19. The van der Waals surface area contributed by atoms with Crippen LogP contribution in [-0.2, 0) is 0 Å². The van der Waals surface area contributed by atoms with E-state index in [1.165, 1.54) is 13.2 Å². The number of nitrogens with two attached hydrogens (primary N) is 1. The number of nitrogen functional groups attached to an aromatic ring is 1. The van der Waals surface area contributed by atoms with Crippen LogP contribution in [-0.4, -0.2) is 12.1 Å². The molecule has 0 spiro atoms. The third kappa shape index (κ3) is 2.63. The summed E-state index contributed by atoms with van der Waals surface area (Å²) in [7, 11) is 1.42. The third-order valence-electron chi connectivity index (χ3n) is 2.19. The van der Waals surface area contributed by atoms with Crippen LogP contribution in [0.2, 0.25) is 0 Å². The Hall–Kier alpha value is -2.30. The molecule has 0 amide bonds. The van der Waals surface area contributed by atoms with Crippen molar-refractivity contribution in [3.8, 4) is 5.75 Å². The van der Waals surface area contributed by atoms with Crippen LogP contribution in [0.25, 0.3) is 0 Å². The van der Waals surface area contributed by atoms with Gasteiger partial charge in [-0.05, 0) is 24.3 Å². The minimum Gasteiger partial charge on any atom is -0.494 e. The molecule has 2 aromatic rings. The zero-order valence-electron chi connectivity index (χ0n) is 9.27. The quantitative estimate of drug-likeness (QED) is 0.855. The van der Waals surface area contributed by atoms with E-state index in [0.29, 0.717) is 17.3 Å². The van der Waals surface area contributed by atoms with Gasteiger partial charge in [0.25, 0.3) is 0 Å². The summed E-state index contributed by atoms with van der Waals surface area (Å²) in [6.07, 6.45) is 0. The molecule has 3 N–H and O–H groups in total. The lowest BCUT2D eigenvalue weighted by Crippen LogP contribution is -1.97. The molecule has 4 nitrogen and oxygen atoms in total. The van der Waals surface area contributed by atoms with Gasteiger partial charge < -0.3 is 15.8 Å². The van der Waals surface area contributed by atoms with Gasteiger partial charge >= 0.3 is 0 Å². The van der Waals surface area contributed by atoms with E-state index in [-0.39, 0.29) is 5.75 Å². The number of aromatic nitrogens is 1. The van der Waals surface area contributed by atoms with Crippen molar-refractivity contribution in [1.29, 1.82) is 0 Å². The molecule has 1 aromatic heterocycles. The van der Waals surface area contributed by atoms with E-state index in [1.54, 1.807) is 30.3 Å². The fourth-order valence-electron chi connectivity index (χ4n) is 1.41. The number of rotatable bonds is 3. The Kier molecular flexibility index (Phi) is 3.09. The first kappa shape index (κ1) is 11.2. The Morgan fingerprint density at radius 1 is 1.29 bits per heavy atom. The van der Waals surface area contributed by atoms with Crippen molar-refractivity contribution in [2.75, 3.05) is 18.2 Å². The topological polar surface area (TPSA) is 60.2 Å². The van der Waals surface area contributed by atoms with Gasteiger partial charge in [0.2, 0.25) is 0 Å². The number of anilines is 3. The van der Waals surface area contributed by atoms with Gasteiger partial charge in [-0.15, -0.1) is 0 Å². The molecule has 0 fully saturated rings. The minimum atomic E-state index is -0.429. The number of hydrogen-bond donors (Lipinski definition) is 2. The highest BCUT2D eigenvalue weighted by Crippen LogP contribution is 2.22. The van der Waals surface area contributed by atoms with Gasteiger partial charge in [-0.2, -0.15) is 0 Å². The summed E-state index contributed by atoms with van der Waals surface area (Å²) in [5, 5.41) is 2.95. The first-order valence-electron chi connectivity index (χ1n) is 5.02. The fourth-order valence-corrected chi connectivity index (χ4v) is 1.41. The van der Waals surface area contributed by atoms with Gasteiger partial charge in [-0.25, -0.2) is 9.37 Å². The maximum Gasteiger partial charge on any atom is 0.167 e. The number of ether oxygens (including phenoxy) is 1. The molecule has 0 saturated carbocycles. The standard InChI is InChI=1S/C12H12FN3O/c1-17-10-6-5-8(7-9(10)13)15-12-4-2-3-11(14)16-12/h2-7H,1H3,(H3,14,15,16). The molecule has 5 heteroatoms. The van der Waals surface area contributed by atoms with Gasteiger partial charge in [0.05, 0.1) is 7.11 Å². The van der Waals surface area contributed by atoms with E-state index >= 15 is 0 Å². The number of nitrogens with one attached hydrogen (secondary N) is 1. The molecular weight excluding hydrogens is 221 g/mol. The van der Waals surface area contributed by atoms with Crippen LogP contribution >= 0.6 is 0 Å². The molecule has 0 atom stereocenters. The second kappa shape index (κ2) is 4.69. The molecule has 17 heavy (non-hydrogen) atoms. The first-order chi connectivity index (χ1) is 8.19. The Morgan fingerprint density at radius 3 is 2.76 bits per heavy atom. The maximum absolute atomic E-state index is 13.4. The Balaban J connectivity index is 2.22. The first-order valence-corrected chi connectivity index (χ1v) is 5.02. The number of halogens is 1. The van der Waals surface area contributed by atoms with E-state index in [9.17, 15) is 4.39 Å². The number of benzene rings is 1. The SMILES string of the molecule is COc1ccc(Nc2cccc(N)n2)cc1F. The average molecular weight is 233 g/mol. The molecular formula is C12H12FN3O. The van der Waals surface area contributed by atoms with Crippen LogP contribution in [0.4, 0.5) is 21.7 Å². The Bertz CT molecular complexity index is 531. The van der Waals surface area contributed by atoms with E-state index < -0.39 is 5.82 Å². The molecule has 0 saturated heterocycles. The Morgan fingerprint density at radius 2 is 2.12 bits per heavy atom. The lowest BCUT2D eigenvalue weighted by Gasteiger charge is -2.07. The van der Waals surface area contributed by atoms with E-state index in [1.807, 2.05) is 0 Å². The highest BCUT2D eigenvalue weighted by molar-refractivity contribution is 5.58. The normalized spacial score (nSPS) is 10.0. The smallest absolute Gasteiger partial charge is 0.167 e. The zero-order chi connectivity index (χ0) is 12.3. The van der Waals surface area contributed by atoms with Crippen molar-refractivity contribution >= 4 is 17.3 Å². The van der Waals surface area contributed by atoms with Crippen molar-refractivity contribution in [1.82, 2.24) is 4.98 Å². The summed E-state index contributed by atoms with van der Waals surface area (Å²) >= 11 is 0. The summed E-state index contributed by atoms with van der Waals surface area (Å²) in [5.74, 6) is 0.746. The molecule has 0 aliphatic rings.